The lowest BCUT2D eigenvalue weighted by atomic mass is 9.68. The first kappa shape index (κ1) is 37.0. The van der Waals surface area contributed by atoms with E-state index in [0.29, 0.717) is 68.0 Å². The molecule has 2 aromatic heterocycles. The predicted octanol–water partition coefficient (Wildman–Crippen LogP) is 9.97. The summed E-state index contributed by atoms with van der Waals surface area (Å²) in [4.78, 5) is 27.5. The molecule has 4 aromatic rings. The van der Waals surface area contributed by atoms with Crippen molar-refractivity contribution in [2.75, 3.05) is 25.1 Å². The summed E-state index contributed by atoms with van der Waals surface area (Å²) in [6, 6.07) is 15.3. The van der Waals surface area contributed by atoms with E-state index in [1.165, 1.54) is 12.4 Å². The zero-order chi connectivity index (χ0) is 37.3. The third-order valence-corrected chi connectivity index (χ3v) is 11.4. The molecular formula is C43H49F3N4O3. The molecule has 10 heteroatoms. The van der Waals surface area contributed by atoms with E-state index in [9.17, 15) is 13.6 Å². The van der Waals surface area contributed by atoms with Crippen LogP contribution in [0.2, 0.25) is 0 Å². The summed E-state index contributed by atoms with van der Waals surface area (Å²) in [6.07, 6.45) is 4.77. The molecule has 0 N–H and O–H groups in total. The Balaban J connectivity index is 1.34. The van der Waals surface area contributed by atoms with Crippen LogP contribution in [-0.2, 0) is 17.8 Å². The molecule has 2 aliphatic carbocycles. The average Bonchev–Trinajstić information content (AvgIpc) is 3.16. The van der Waals surface area contributed by atoms with Crippen LogP contribution in [0.15, 0.2) is 60.9 Å². The molecule has 0 bridgehead atoms. The number of hydrogen-bond acceptors (Lipinski definition) is 7. The van der Waals surface area contributed by atoms with Crippen LogP contribution in [0.4, 0.5) is 19.1 Å². The maximum Gasteiger partial charge on any atom is 0.248 e. The fourth-order valence-electron chi connectivity index (χ4n) is 8.55. The molecule has 2 unspecified atom stereocenters. The number of rotatable bonds is 10. The molecule has 7 nitrogen and oxygen atoms in total. The molecule has 3 aliphatic rings. The second-order valence-corrected chi connectivity index (χ2v) is 16.0. The minimum absolute atomic E-state index is 0.0583. The molecule has 53 heavy (non-hydrogen) atoms. The molecular weight excluding hydrogens is 677 g/mol. The highest BCUT2D eigenvalue weighted by Crippen LogP contribution is 2.53. The monoisotopic (exact) mass is 726 g/mol. The Morgan fingerprint density at radius 2 is 1.58 bits per heavy atom. The van der Waals surface area contributed by atoms with Gasteiger partial charge in [-0.2, -0.15) is 0 Å². The molecule has 0 radical (unpaired) electrons. The van der Waals surface area contributed by atoms with Crippen molar-refractivity contribution in [3.8, 4) is 5.75 Å². The molecule has 0 amide bonds. The number of fused-ring (bicyclic) bond motifs is 1. The number of pyridine rings is 1. The Morgan fingerprint density at radius 3 is 2.21 bits per heavy atom. The number of alkyl halides is 3. The average molecular weight is 727 g/mol. The Morgan fingerprint density at radius 1 is 0.925 bits per heavy atom. The van der Waals surface area contributed by atoms with Crippen molar-refractivity contribution in [1.82, 2.24) is 15.0 Å². The number of piperidine rings is 1. The summed E-state index contributed by atoms with van der Waals surface area (Å²) in [6.45, 7) is 8.02. The van der Waals surface area contributed by atoms with E-state index < -0.39 is 12.1 Å². The first-order valence-corrected chi connectivity index (χ1v) is 18.9. The molecule has 280 valence electrons. The fraction of sp³-hybridized carbons (Fsp3) is 0.488. The van der Waals surface area contributed by atoms with E-state index in [1.54, 1.807) is 7.11 Å². The van der Waals surface area contributed by atoms with Crippen LogP contribution in [0, 0.1) is 12.3 Å². The van der Waals surface area contributed by atoms with E-state index in [2.05, 4.69) is 28.7 Å². The van der Waals surface area contributed by atoms with Gasteiger partial charge in [-0.15, -0.1) is 0 Å². The van der Waals surface area contributed by atoms with Gasteiger partial charge < -0.3 is 14.4 Å². The van der Waals surface area contributed by atoms with Crippen molar-refractivity contribution in [3.63, 3.8) is 0 Å². The smallest absolute Gasteiger partial charge is 0.248 e. The van der Waals surface area contributed by atoms with Crippen LogP contribution in [0.3, 0.4) is 0 Å². The fourth-order valence-corrected chi connectivity index (χ4v) is 8.55. The Labute approximate surface area is 310 Å². The number of aryl methyl sites for hydroxylation is 1. The standard InChI is InChI=1S/C43H49F3N4O3/c1-27-5-9-31(10-6-27)39(44)38-36(30-13-17-43(45,46)18-14-30)37-34(21-42(2,3)22-35(37)53-26-28-7-11-33(52-4)12-8-28)49-40(38)32-15-19-50(20-16-32)41-47-23-29(25-51)24-48-41/h5-12,23-25,30,32,35,39H,13-22,26H2,1-4H3. The van der Waals surface area contributed by atoms with Crippen molar-refractivity contribution in [2.45, 2.75) is 109 Å². The minimum Gasteiger partial charge on any atom is -0.497 e. The van der Waals surface area contributed by atoms with Gasteiger partial charge >= 0.3 is 0 Å². The van der Waals surface area contributed by atoms with Crippen molar-refractivity contribution in [3.05, 3.63) is 111 Å². The number of halogens is 3. The first-order valence-electron chi connectivity index (χ1n) is 18.9. The predicted molar refractivity (Wildman–Crippen MR) is 199 cm³/mol. The van der Waals surface area contributed by atoms with E-state index in [1.807, 2.05) is 55.5 Å². The van der Waals surface area contributed by atoms with E-state index in [-0.39, 0.29) is 49.0 Å². The van der Waals surface area contributed by atoms with E-state index in [4.69, 9.17) is 14.5 Å². The van der Waals surface area contributed by atoms with Crippen LogP contribution in [-0.4, -0.2) is 47.4 Å². The molecule has 2 atom stereocenters. The summed E-state index contributed by atoms with van der Waals surface area (Å²) in [5.41, 5.74) is 6.76. The van der Waals surface area contributed by atoms with Gasteiger partial charge in [-0.05, 0) is 85.6 Å². The van der Waals surface area contributed by atoms with Gasteiger partial charge in [-0.1, -0.05) is 55.8 Å². The normalized spacial score (nSPS) is 20.8. The van der Waals surface area contributed by atoms with Gasteiger partial charge in [-0.3, -0.25) is 9.78 Å². The Kier molecular flexibility index (Phi) is 10.6. The van der Waals surface area contributed by atoms with Gasteiger partial charge in [0.15, 0.2) is 12.5 Å². The van der Waals surface area contributed by atoms with E-state index in [0.717, 1.165) is 45.7 Å². The van der Waals surface area contributed by atoms with Gasteiger partial charge in [0.1, 0.15) is 5.75 Å². The maximum atomic E-state index is 17.7. The Hall–Kier alpha value is -4.31. The molecule has 2 aromatic carbocycles. The number of ether oxygens (including phenoxy) is 2. The highest BCUT2D eigenvalue weighted by atomic mass is 19.3. The van der Waals surface area contributed by atoms with Crippen LogP contribution in [0.25, 0.3) is 0 Å². The van der Waals surface area contributed by atoms with Gasteiger partial charge in [0, 0.05) is 61.1 Å². The third kappa shape index (κ3) is 8.13. The minimum atomic E-state index is -2.73. The quantitative estimate of drug-likeness (QED) is 0.151. The SMILES string of the molecule is COc1ccc(COC2CC(C)(C)Cc3nc(C4CCN(c5ncc(C=O)cn5)CC4)c(C(F)c4ccc(C)cc4)c(C4CCC(F)(F)CC4)c32)cc1. The van der Waals surface area contributed by atoms with Crippen LogP contribution < -0.4 is 9.64 Å². The molecule has 1 saturated carbocycles. The van der Waals surface area contributed by atoms with Crippen molar-refractivity contribution in [2.24, 2.45) is 5.41 Å². The molecule has 0 spiro atoms. The van der Waals surface area contributed by atoms with Gasteiger partial charge in [0.2, 0.25) is 11.9 Å². The number of benzene rings is 2. The lowest BCUT2D eigenvalue weighted by Crippen LogP contribution is -2.36. The summed E-state index contributed by atoms with van der Waals surface area (Å²) in [5.74, 6) is -1.73. The van der Waals surface area contributed by atoms with Crippen LogP contribution >= 0.6 is 0 Å². The number of aromatic nitrogens is 3. The van der Waals surface area contributed by atoms with Crippen LogP contribution in [0.5, 0.6) is 5.75 Å². The van der Waals surface area contributed by atoms with Crippen LogP contribution in [0.1, 0.15) is 138 Å². The number of anilines is 1. The lowest BCUT2D eigenvalue weighted by molar-refractivity contribution is -0.0390. The zero-order valence-corrected chi connectivity index (χ0v) is 31.1. The van der Waals surface area contributed by atoms with E-state index >= 15 is 4.39 Å². The second-order valence-electron chi connectivity index (χ2n) is 16.0. The zero-order valence-electron chi connectivity index (χ0n) is 31.1. The second kappa shape index (κ2) is 15.2. The maximum absolute atomic E-state index is 17.7. The van der Waals surface area contributed by atoms with Gasteiger partial charge in [0.25, 0.3) is 0 Å². The van der Waals surface area contributed by atoms with Gasteiger partial charge in [-0.25, -0.2) is 23.1 Å². The van der Waals surface area contributed by atoms with Crippen molar-refractivity contribution >= 4 is 12.2 Å². The topological polar surface area (TPSA) is 77.4 Å². The molecule has 1 aliphatic heterocycles. The number of hydrogen-bond donors (Lipinski definition) is 0. The molecule has 2 fully saturated rings. The summed E-state index contributed by atoms with van der Waals surface area (Å²) in [7, 11) is 1.63. The highest BCUT2D eigenvalue weighted by Gasteiger charge is 2.44. The molecule has 3 heterocycles. The van der Waals surface area contributed by atoms with Crippen molar-refractivity contribution in [1.29, 1.82) is 0 Å². The number of carbonyl (C=O) groups excluding carboxylic acids is 1. The summed E-state index contributed by atoms with van der Waals surface area (Å²) >= 11 is 0. The Bertz CT molecular complexity index is 1880. The number of nitrogens with zero attached hydrogens (tertiary/aromatic N) is 4. The summed E-state index contributed by atoms with van der Waals surface area (Å²) < 4.78 is 59.4. The summed E-state index contributed by atoms with van der Waals surface area (Å²) in [5, 5.41) is 0. The molecule has 7 rings (SSSR count). The number of carbonyl (C=O) groups is 1. The largest absolute Gasteiger partial charge is 0.497 e. The van der Waals surface area contributed by atoms with Crippen molar-refractivity contribution < 1.29 is 27.4 Å². The lowest BCUT2D eigenvalue weighted by Gasteiger charge is -2.42. The first-order chi connectivity index (χ1) is 25.4. The highest BCUT2D eigenvalue weighted by molar-refractivity contribution is 5.73. The van der Waals surface area contributed by atoms with Gasteiger partial charge in [0.05, 0.1) is 31.1 Å². The number of methoxy groups -OCH3 is 1. The molecule has 1 saturated heterocycles. The number of aldehydes is 1. The third-order valence-electron chi connectivity index (χ3n) is 11.4.